The van der Waals surface area contributed by atoms with Gasteiger partial charge in [0.15, 0.2) is 6.61 Å². The minimum Gasteiger partial charge on any atom is -0.482 e. The van der Waals surface area contributed by atoms with Gasteiger partial charge < -0.3 is 19.9 Å². The molecule has 1 aliphatic heterocycles. The first-order valence-electron chi connectivity index (χ1n) is 7.80. The summed E-state index contributed by atoms with van der Waals surface area (Å²) in [5.74, 6) is 0.160. The number of ether oxygens (including phenoxy) is 1. The normalized spacial score (nSPS) is 12.7. The van der Waals surface area contributed by atoms with Gasteiger partial charge in [-0.1, -0.05) is 0 Å². The van der Waals surface area contributed by atoms with Crippen molar-refractivity contribution in [2.75, 3.05) is 17.2 Å². The molecule has 4 rings (SSSR count). The summed E-state index contributed by atoms with van der Waals surface area (Å²) in [5.41, 5.74) is 2.67. The van der Waals surface area contributed by atoms with Crippen LogP contribution in [0.2, 0.25) is 0 Å². The topological polar surface area (TPSA) is 72.4 Å². The van der Waals surface area contributed by atoms with Gasteiger partial charge in [-0.05, 0) is 54.6 Å². The van der Waals surface area contributed by atoms with Gasteiger partial charge in [0.2, 0.25) is 0 Å². The van der Waals surface area contributed by atoms with Crippen molar-refractivity contribution >= 4 is 23.2 Å². The maximum atomic E-state index is 12.4. The molecule has 0 bridgehead atoms. The molecule has 1 aliphatic rings. The SMILES string of the molecule is O=C1COc2ccc(NC(=O)c3ccc(-n4cccc4)cc3)cc2N1. The van der Waals surface area contributed by atoms with Gasteiger partial charge in [0, 0.05) is 29.3 Å². The molecule has 0 radical (unpaired) electrons. The Balaban J connectivity index is 1.50. The van der Waals surface area contributed by atoms with Crippen molar-refractivity contribution in [2.24, 2.45) is 0 Å². The first kappa shape index (κ1) is 15.0. The second-order valence-electron chi connectivity index (χ2n) is 5.64. The van der Waals surface area contributed by atoms with Gasteiger partial charge in [-0.3, -0.25) is 9.59 Å². The van der Waals surface area contributed by atoms with Crippen molar-refractivity contribution in [3.8, 4) is 11.4 Å². The third-order valence-corrected chi connectivity index (χ3v) is 3.90. The van der Waals surface area contributed by atoms with Crippen LogP contribution in [0.4, 0.5) is 11.4 Å². The molecule has 6 nitrogen and oxygen atoms in total. The number of hydrogen-bond donors (Lipinski definition) is 2. The van der Waals surface area contributed by atoms with Crippen molar-refractivity contribution in [2.45, 2.75) is 0 Å². The number of carbonyl (C=O) groups excluding carboxylic acids is 2. The number of fused-ring (bicyclic) bond motifs is 1. The van der Waals surface area contributed by atoms with Gasteiger partial charge in [-0.15, -0.1) is 0 Å². The minimum atomic E-state index is -0.220. The molecule has 0 saturated heterocycles. The molecule has 2 amide bonds. The van der Waals surface area contributed by atoms with Crippen LogP contribution < -0.4 is 15.4 Å². The van der Waals surface area contributed by atoms with Gasteiger partial charge in [-0.25, -0.2) is 0 Å². The summed E-state index contributed by atoms with van der Waals surface area (Å²) in [6, 6.07) is 16.3. The zero-order chi connectivity index (χ0) is 17.2. The summed E-state index contributed by atoms with van der Waals surface area (Å²) >= 11 is 0. The Morgan fingerprint density at radius 2 is 1.84 bits per heavy atom. The van der Waals surface area contributed by atoms with E-state index in [-0.39, 0.29) is 18.4 Å². The molecule has 1 aromatic heterocycles. The van der Waals surface area contributed by atoms with E-state index in [9.17, 15) is 9.59 Å². The smallest absolute Gasteiger partial charge is 0.262 e. The van der Waals surface area contributed by atoms with Crippen LogP contribution in [0.1, 0.15) is 10.4 Å². The van der Waals surface area contributed by atoms with Gasteiger partial charge in [0.05, 0.1) is 5.69 Å². The number of hydrogen-bond acceptors (Lipinski definition) is 3. The third kappa shape index (κ3) is 3.10. The van der Waals surface area contributed by atoms with E-state index in [1.807, 2.05) is 41.2 Å². The molecule has 0 atom stereocenters. The highest BCUT2D eigenvalue weighted by Gasteiger charge is 2.16. The van der Waals surface area contributed by atoms with Crippen molar-refractivity contribution in [1.82, 2.24) is 4.57 Å². The van der Waals surface area contributed by atoms with E-state index >= 15 is 0 Å². The van der Waals surface area contributed by atoms with Crippen LogP contribution in [0.3, 0.4) is 0 Å². The van der Waals surface area contributed by atoms with E-state index in [0.29, 0.717) is 22.7 Å². The van der Waals surface area contributed by atoms with Crippen LogP contribution >= 0.6 is 0 Å². The number of rotatable bonds is 3. The molecular weight excluding hydrogens is 318 g/mol. The third-order valence-electron chi connectivity index (χ3n) is 3.90. The Bertz CT molecular complexity index is 931. The summed E-state index contributed by atoms with van der Waals surface area (Å²) in [7, 11) is 0. The fourth-order valence-corrected chi connectivity index (χ4v) is 2.66. The Kier molecular flexibility index (Phi) is 3.70. The van der Waals surface area contributed by atoms with Gasteiger partial charge >= 0.3 is 0 Å². The van der Waals surface area contributed by atoms with E-state index in [1.165, 1.54) is 0 Å². The van der Waals surface area contributed by atoms with Crippen LogP contribution in [-0.4, -0.2) is 23.0 Å². The lowest BCUT2D eigenvalue weighted by Crippen LogP contribution is -2.25. The highest BCUT2D eigenvalue weighted by Crippen LogP contribution is 2.30. The van der Waals surface area contributed by atoms with Gasteiger partial charge in [-0.2, -0.15) is 0 Å². The standard InChI is InChI=1S/C19H15N3O3/c23-18-12-25-17-8-5-14(11-16(17)21-18)20-19(24)13-3-6-15(7-4-13)22-9-1-2-10-22/h1-11H,12H2,(H,20,24)(H,21,23). The van der Waals surface area contributed by atoms with Crippen LogP contribution in [-0.2, 0) is 4.79 Å². The van der Waals surface area contributed by atoms with Crippen LogP contribution in [0.25, 0.3) is 5.69 Å². The van der Waals surface area contributed by atoms with E-state index in [4.69, 9.17) is 4.74 Å². The van der Waals surface area contributed by atoms with E-state index < -0.39 is 0 Å². The molecule has 25 heavy (non-hydrogen) atoms. The van der Waals surface area contributed by atoms with E-state index in [1.54, 1.807) is 30.3 Å². The van der Waals surface area contributed by atoms with Crippen molar-refractivity contribution < 1.29 is 14.3 Å². The van der Waals surface area contributed by atoms with Crippen molar-refractivity contribution in [3.63, 3.8) is 0 Å². The van der Waals surface area contributed by atoms with Crippen LogP contribution in [0.5, 0.6) is 5.75 Å². The molecule has 124 valence electrons. The summed E-state index contributed by atoms with van der Waals surface area (Å²) in [6.45, 7) is 0.00640. The molecule has 3 aromatic rings. The zero-order valence-electron chi connectivity index (χ0n) is 13.2. The fraction of sp³-hybridized carbons (Fsp3) is 0.0526. The molecule has 6 heteroatoms. The highest BCUT2D eigenvalue weighted by molar-refractivity contribution is 6.05. The predicted octanol–water partition coefficient (Wildman–Crippen LogP) is 3.06. The first-order chi connectivity index (χ1) is 12.2. The van der Waals surface area contributed by atoms with E-state index in [2.05, 4.69) is 10.6 Å². The molecule has 2 heterocycles. The second kappa shape index (κ2) is 6.16. The van der Waals surface area contributed by atoms with Crippen molar-refractivity contribution in [1.29, 1.82) is 0 Å². The number of carbonyl (C=O) groups is 2. The number of benzene rings is 2. The number of nitrogens with one attached hydrogen (secondary N) is 2. The summed E-state index contributed by atoms with van der Waals surface area (Å²) in [6.07, 6.45) is 3.89. The monoisotopic (exact) mass is 333 g/mol. The molecule has 2 aromatic carbocycles. The number of nitrogens with zero attached hydrogens (tertiary/aromatic N) is 1. The largest absolute Gasteiger partial charge is 0.482 e. The van der Waals surface area contributed by atoms with E-state index in [0.717, 1.165) is 5.69 Å². The summed E-state index contributed by atoms with van der Waals surface area (Å²) in [4.78, 5) is 23.8. The highest BCUT2D eigenvalue weighted by atomic mass is 16.5. The lowest BCUT2D eigenvalue weighted by atomic mass is 10.1. The molecular formula is C19H15N3O3. The Morgan fingerprint density at radius 3 is 2.60 bits per heavy atom. The minimum absolute atomic E-state index is 0.00640. The van der Waals surface area contributed by atoms with Crippen molar-refractivity contribution in [3.05, 3.63) is 72.6 Å². The average molecular weight is 333 g/mol. The molecule has 0 spiro atoms. The molecule has 0 aliphatic carbocycles. The first-order valence-corrected chi connectivity index (χ1v) is 7.80. The molecule has 2 N–H and O–H groups in total. The Morgan fingerprint density at radius 1 is 1.08 bits per heavy atom. The summed E-state index contributed by atoms with van der Waals surface area (Å²) in [5, 5.41) is 5.54. The van der Waals surface area contributed by atoms with Crippen LogP contribution in [0.15, 0.2) is 67.0 Å². The lowest BCUT2D eigenvalue weighted by Gasteiger charge is -2.18. The maximum absolute atomic E-state index is 12.4. The van der Waals surface area contributed by atoms with Crippen LogP contribution in [0, 0.1) is 0 Å². The number of anilines is 2. The molecule has 0 fully saturated rings. The average Bonchev–Trinajstić information content (AvgIpc) is 3.16. The number of aromatic nitrogens is 1. The maximum Gasteiger partial charge on any atom is 0.262 e. The quantitative estimate of drug-likeness (QED) is 0.774. The Labute approximate surface area is 144 Å². The zero-order valence-corrected chi connectivity index (χ0v) is 13.2. The number of amides is 2. The summed E-state index contributed by atoms with van der Waals surface area (Å²) < 4.78 is 7.27. The lowest BCUT2D eigenvalue weighted by molar-refractivity contribution is -0.118. The fourth-order valence-electron chi connectivity index (χ4n) is 2.66. The Hall–Kier alpha value is -3.54. The second-order valence-corrected chi connectivity index (χ2v) is 5.64. The molecule has 0 saturated carbocycles. The molecule has 0 unspecified atom stereocenters. The predicted molar refractivity (Wildman–Crippen MR) is 94.3 cm³/mol. The van der Waals surface area contributed by atoms with Gasteiger partial charge in [0.25, 0.3) is 11.8 Å². The van der Waals surface area contributed by atoms with Gasteiger partial charge in [0.1, 0.15) is 5.75 Å².